The monoisotopic (exact) mass is 407 g/mol. The molecule has 1 aromatic carbocycles. The Hall–Kier alpha value is -2.25. The Morgan fingerprint density at radius 3 is 2.96 bits per heavy atom. The van der Waals surface area contributed by atoms with E-state index in [0.717, 1.165) is 43.0 Å². The van der Waals surface area contributed by atoms with Crippen LogP contribution in [0.3, 0.4) is 0 Å². The molecule has 3 aliphatic heterocycles. The van der Waals surface area contributed by atoms with Crippen LogP contribution >= 0.6 is 12.4 Å². The van der Waals surface area contributed by atoms with E-state index in [1.165, 1.54) is 0 Å². The number of nitrogens with zero attached hydrogens (tertiary/aromatic N) is 2. The number of likely N-dealkylation sites (tertiary alicyclic amines) is 1. The summed E-state index contributed by atoms with van der Waals surface area (Å²) >= 11 is 0. The van der Waals surface area contributed by atoms with Crippen molar-refractivity contribution in [1.29, 1.82) is 0 Å². The molecule has 0 saturated carbocycles. The number of fused-ring (bicyclic) bond motifs is 1. The molecule has 0 bridgehead atoms. The Labute approximate surface area is 171 Å². The molecule has 3 aliphatic rings. The van der Waals surface area contributed by atoms with Gasteiger partial charge in [0.15, 0.2) is 0 Å². The number of hydrogen-bond acceptors (Lipinski definition) is 5. The minimum atomic E-state index is -0.00393. The standard InChI is InChI=1S/C20H25N3O4.ClH/c1-26-17-4-5-18-14(10-17)9-15(13-27-18)20(25)22-7-2-3-16(12-22)23-8-6-21-11-19(23)24;/h4-5,9-10,16,21H,2-3,6-8,11-13H2,1H3;1H. The van der Waals surface area contributed by atoms with Gasteiger partial charge in [0.2, 0.25) is 5.91 Å². The number of halogens is 1. The molecule has 2 saturated heterocycles. The number of nitrogens with one attached hydrogen (secondary N) is 1. The second kappa shape index (κ2) is 8.84. The highest BCUT2D eigenvalue weighted by Crippen LogP contribution is 2.31. The number of carbonyl (C=O) groups excluding carboxylic acids is 2. The van der Waals surface area contributed by atoms with E-state index < -0.39 is 0 Å². The molecular formula is C20H26ClN3O4. The summed E-state index contributed by atoms with van der Waals surface area (Å²) in [6.07, 6.45) is 3.75. The van der Waals surface area contributed by atoms with E-state index in [1.54, 1.807) is 7.11 Å². The first-order chi connectivity index (χ1) is 13.2. The second-order valence-corrected chi connectivity index (χ2v) is 7.17. The number of amides is 2. The Morgan fingerprint density at radius 2 is 2.18 bits per heavy atom. The van der Waals surface area contributed by atoms with Crippen LogP contribution in [-0.4, -0.2) is 74.1 Å². The Bertz CT molecular complexity index is 783. The molecule has 0 aliphatic carbocycles. The van der Waals surface area contributed by atoms with Gasteiger partial charge in [-0.05, 0) is 37.1 Å². The summed E-state index contributed by atoms with van der Waals surface area (Å²) in [6.45, 7) is 3.50. The minimum Gasteiger partial charge on any atom is -0.497 e. The van der Waals surface area contributed by atoms with E-state index in [2.05, 4.69) is 5.32 Å². The van der Waals surface area contributed by atoms with E-state index in [1.807, 2.05) is 34.1 Å². The quantitative estimate of drug-likeness (QED) is 0.818. The molecule has 152 valence electrons. The van der Waals surface area contributed by atoms with Crippen LogP contribution in [0.2, 0.25) is 0 Å². The molecule has 2 fully saturated rings. The lowest BCUT2D eigenvalue weighted by atomic mass is 10.0. The zero-order valence-corrected chi connectivity index (χ0v) is 16.8. The maximum absolute atomic E-state index is 13.1. The lowest BCUT2D eigenvalue weighted by molar-refractivity contribution is -0.139. The van der Waals surface area contributed by atoms with Crippen LogP contribution in [0.5, 0.6) is 11.5 Å². The summed E-state index contributed by atoms with van der Waals surface area (Å²) < 4.78 is 11.0. The number of benzene rings is 1. The molecule has 1 atom stereocenters. The molecule has 1 aromatic rings. The zero-order chi connectivity index (χ0) is 18.8. The highest BCUT2D eigenvalue weighted by atomic mass is 35.5. The van der Waals surface area contributed by atoms with Crippen LogP contribution in [0.25, 0.3) is 6.08 Å². The van der Waals surface area contributed by atoms with Gasteiger partial charge in [-0.3, -0.25) is 9.59 Å². The van der Waals surface area contributed by atoms with Gasteiger partial charge in [-0.2, -0.15) is 0 Å². The average Bonchev–Trinajstić information content (AvgIpc) is 2.72. The van der Waals surface area contributed by atoms with Crippen LogP contribution in [0.15, 0.2) is 23.8 Å². The van der Waals surface area contributed by atoms with Crippen molar-refractivity contribution in [2.24, 2.45) is 0 Å². The molecule has 3 heterocycles. The lowest BCUT2D eigenvalue weighted by Crippen LogP contribution is -2.57. The van der Waals surface area contributed by atoms with Gasteiger partial charge in [0.05, 0.1) is 19.2 Å². The largest absolute Gasteiger partial charge is 0.497 e. The highest BCUT2D eigenvalue weighted by molar-refractivity contribution is 5.99. The molecule has 8 heteroatoms. The van der Waals surface area contributed by atoms with Gasteiger partial charge < -0.3 is 24.6 Å². The number of ether oxygens (including phenoxy) is 2. The maximum atomic E-state index is 13.1. The summed E-state index contributed by atoms with van der Waals surface area (Å²) in [5, 5.41) is 3.10. The summed E-state index contributed by atoms with van der Waals surface area (Å²) in [4.78, 5) is 29.0. The van der Waals surface area contributed by atoms with Gasteiger partial charge in [0.1, 0.15) is 18.1 Å². The van der Waals surface area contributed by atoms with Crippen molar-refractivity contribution in [3.05, 3.63) is 29.3 Å². The third-order valence-corrected chi connectivity index (χ3v) is 5.46. The number of carbonyl (C=O) groups is 2. The maximum Gasteiger partial charge on any atom is 0.253 e. The summed E-state index contributed by atoms with van der Waals surface area (Å²) in [7, 11) is 1.62. The van der Waals surface area contributed by atoms with Gasteiger partial charge in [-0.15, -0.1) is 12.4 Å². The fourth-order valence-corrected chi connectivity index (χ4v) is 4.01. The number of methoxy groups -OCH3 is 1. The molecule has 0 radical (unpaired) electrons. The normalized spacial score (nSPS) is 21.8. The first-order valence-electron chi connectivity index (χ1n) is 9.46. The van der Waals surface area contributed by atoms with Crippen LogP contribution in [-0.2, 0) is 9.59 Å². The molecule has 2 amide bonds. The van der Waals surface area contributed by atoms with Crippen LogP contribution < -0.4 is 14.8 Å². The Kier molecular flexibility index (Phi) is 6.46. The molecule has 7 nitrogen and oxygen atoms in total. The van der Waals surface area contributed by atoms with Crippen molar-refractivity contribution < 1.29 is 19.1 Å². The van der Waals surface area contributed by atoms with Gasteiger partial charge in [-0.25, -0.2) is 0 Å². The third-order valence-electron chi connectivity index (χ3n) is 5.46. The predicted molar refractivity (Wildman–Crippen MR) is 108 cm³/mol. The molecule has 28 heavy (non-hydrogen) atoms. The Morgan fingerprint density at radius 1 is 1.32 bits per heavy atom. The topological polar surface area (TPSA) is 71.1 Å². The van der Waals surface area contributed by atoms with Gasteiger partial charge in [-0.1, -0.05) is 0 Å². The van der Waals surface area contributed by atoms with E-state index >= 15 is 0 Å². The van der Waals surface area contributed by atoms with Crippen molar-refractivity contribution in [3.8, 4) is 11.5 Å². The minimum absolute atomic E-state index is 0. The number of piperazine rings is 1. The first kappa shape index (κ1) is 20.5. The predicted octanol–water partition coefficient (Wildman–Crippen LogP) is 1.32. The van der Waals surface area contributed by atoms with E-state index in [9.17, 15) is 9.59 Å². The van der Waals surface area contributed by atoms with E-state index in [0.29, 0.717) is 25.2 Å². The molecular weight excluding hydrogens is 382 g/mol. The number of piperidine rings is 1. The van der Waals surface area contributed by atoms with Crippen LogP contribution in [0.4, 0.5) is 0 Å². The van der Waals surface area contributed by atoms with Crippen LogP contribution in [0.1, 0.15) is 18.4 Å². The van der Waals surface area contributed by atoms with Crippen molar-refractivity contribution in [1.82, 2.24) is 15.1 Å². The van der Waals surface area contributed by atoms with Gasteiger partial charge in [0, 0.05) is 37.8 Å². The fraction of sp³-hybridized carbons (Fsp3) is 0.500. The molecule has 0 aromatic heterocycles. The Balaban J connectivity index is 0.00000225. The van der Waals surface area contributed by atoms with Crippen molar-refractivity contribution >= 4 is 30.3 Å². The molecule has 4 rings (SSSR count). The van der Waals surface area contributed by atoms with Crippen molar-refractivity contribution in [2.45, 2.75) is 18.9 Å². The fourth-order valence-electron chi connectivity index (χ4n) is 4.01. The van der Waals surface area contributed by atoms with Crippen molar-refractivity contribution in [2.75, 3.05) is 46.4 Å². The number of rotatable bonds is 3. The molecule has 0 spiro atoms. The lowest BCUT2D eigenvalue weighted by Gasteiger charge is -2.41. The average molecular weight is 408 g/mol. The smallest absolute Gasteiger partial charge is 0.253 e. The SMILES string of the molecule is COc1ccc2c(c1)C=C(C(=O)N1CCCC(N3CCNCC3=O)C1)CO2.Cl. The van der Waals surface area contributed by atoms with Crippen LogP contribution in [0, 0.1) is 0 Å². The molecule has 1 N–H and O–H groups in total. The number of hydrogen-bond donors (Lipinski definition) is 1. The summed E-state index contributed by atoms with van der Waals surface area (Å²) in [5.41, 5.74) is 1.50. The van der Waals surface area contributed by atoms with E-state index in [-0.39, 0.29) is 36.9 Å². The first-order valence-corrected chi connectivity index (χ1v) is 9.46. The second-order valence-electron chi connectivity index (χ2n) is 7.17. The van der Waals surface area contributed by atoms with E-state index in [4.69, 9.17) is 9.47 Å². The van der Waals surface area contributed by atoms with Crippen molar-refractivity contribution in [3.63, 3.8) is 0 Å². The van der Waals surface area contributed by atoms with Gasteiger partial charge in [0.25, 0.3) is 5.91 Å². The van der Waals surface area contributed by atoms with Gasteiger partial charge >= 0.3 is 0 Å². The third kappa shape index (κ3) is 4.10. The highest BCUT2D eigenvalue weighted by Gasteiger charge is 2.33. The zero-order valence-electron chi connectivity index (χ0n) is 16.0. The summed E-state index contributed by atoms with van der Waals surface area (Å²) in [6, 6.07) is 5.69. The molecule has 1 unspecified atom stereocenters. The summed E-state index contributed by atoms with van der Waals surface area (Å²) in [5.74, 6) is 1.62.